The maximum absolute atomic E-state index is 12.7. The van der Waals surface area contributed by atoms with Crippen molar-refractivity contribution in [1.82, 2.24) is 0 Å². The van der Waals surface area contributed by atoms with Gasteiger partial charge in [-0.3, -0.25) is 10.4 Å². The van der Waals surface area contributed by atoms with Crippen molar-refractivity contribution in [2.75, 3.05) is 5.23 Å². The molecule has 0 aliphatic carbocycles. The van der Waals surface area contributed by atoms with Crippen LogP contribution in [0.4, 0.5) is 23.2 Å². The molecule has 84 valence electrons. The van der Waals surface area contributed by atoms with Crippen LogP contribution in [0.15, 0.2) is 16.6 Å². The number of halogens is 5. The van der Waals surface area contributed by atoms with Gasteiger partial charge >= 0.3 is 6.18 Å². The van der Waals surface area contributed by atoms with Crippen LogP contribution < -0.4 is 5.23 Å². The second kappa shape index (κ2) is 3.95. The summed E-state index contributed by atoms with van der Waals surface area (Å²) in [7, 11) is 0. The lowest BCUT2D eigenvalue weighted by Gasteiger charge is -2.15. The Labute approximate surface area is 89.6 Å². The third-order valence-corrected chi connectivity index (χ3v) is 2.37. The fraction of sp³-hybridized carbons (Fsp3) is 0.143. The SMILES string of the molecule is ON(O)c1cc(F)cc(C(F)(F)F)c1Br. The van der Waals surface area contributed by atoms with E-state index in [4.69, 9.17) is 10.4 Å². The Balaban J connectivity index is 3.42. The van der Waals surface area contributed by atoms with Gasteiger partial charge in [0.2, 0.25) is 0 Å². The molecule has 3 nitrogen and oxygen atoms in total. The van der Waals surface area contributed by atoms with Crippen LogP contribution in [-0.2, 0) is 6.18 Å². The van der Waals surface area contributed by atoms with E-state index < -0.39 is 32.9 Å². The second-order valence-electron chi connectivity index (χ2n) is 2.57. The van der Waals surface area contributed by atoms with E-state index in [0.717, 1.165) is 0 Å². The largest absolute Gasteiger partial charge is 0.417 e. The molecule has 15 heavy (non-hydrogen) atoms. The molecule has 0 atom stereocenters. The highest BCUT2D eigenvalue weighted by atomic mass is 79.9. The van der Waals surface area contributed by atoms with E-state index >= 15 is 0 Å². The molecule has 2 N–H and O–H groups in total. The van der Waals surface area contributed by atoms with Crippen LogP contribution in [0.2, 0.25) is 0 Å². The highest BCUT2D eigenvalue weighted by molar-refractivity contribution is 9.10. The first-order chi connectivity index (χ1) is 6.73. The van der Waals surface area contributed by atoms with Gasteiger partial charge in [-0.05, 0) is 22.0 Å². The molecule has 1 rings (SSSR count). The minimum Gasteiger partial charge on any atom is -0.264 e. The third-order valence-electron chi connectivity index (χ3n) is 1.54. The summed E-state index contributed by atoms with van der Waals surface area (Å²) in [6.07, 6.45) is -4.79. The molecule has 0 spiro atoms. The van der Waals surface area contributed by atoms with Gasteiger partial charge in [-0.2, -0.15) is 13.2 Å². The van der Waals surface area contributed by atoms with Crippen molar-refractivity contribution in [2.45, 2.75) is 6.18 Å². The van der Waals surface area contributed by atoms with Crippen LogP contribution in [0.5, 0.6) is 0 Å². The Morgan fingerprint density at radius 1 is 1.20 bits per heavy atom. The van der Waals surface area contributed by atoms with Crippen LogP contribution in [-0.4, -0.2) is 10.4 Å². The molecule has 0 aliphatic heterocycles. The van der Waals surface area contributed by atoms with Gasteiger partial charge in [0.05, 0.1) is 10.0 Å². The van der Waals surface area contributed by atoms with Crippen LogP contribution in [0.1, 0.15) is 5.56 Å². The molecule has 1 aromatic rings. The van der Waals surface area contributed by atoms with E-state index in [2.05, 4.69) is 15.9 Å². The number of hydrogen-bond donors (Lipinski definition) is 2. The lowest BCUT2D eigenvalue weighted by atomic mass is 10.2. The molecule has 0 aliphatic rings. The number of nitrogens with zero attached hydrogens (tertiary/aromatic N) is 1. The molecule has 1 aromatic carbocycles. The van der Waals surface area contributed by atoms with E-state index in [1.807, 2.05) is 0 Å². The van der Waals surface area contributed by atoms with Crippen molar-refractivity contribution in [1.29, 1.82) is 0 Å². The van der Waals surface area contributed by atoms with Gasteiger partial charge in [-0.15, -0.1) is 5.23 Å². The lowest BCUT2D eigenvalue weighted by molar-refractivity contribution is -0.138. The lowest BCUT2D eigenvalue weighted by Crippen LogP contribution is -2.15. The smallest absolute Gasteiger partial charge is 0.264 e. The topological polar surface area (TPSA) is 43.7 Å². The molecule has 0 fully saturated rings. The summed E-state index contributed by atoms with van der Waals surface area (Å²) < 4.78 is 49.0. The first-order valence-electron chi connectivity index (χ1n) is 3.47. The maximum Gasteiger partial charge on any atom is 0.417 e. The minimum absolute atomic E-state index is 0.247. The molecule has 0 unspecified atom stereocenters. The summed E-state index contributed by atoms with van der Waals surface area (Å²) in [5, 5.41) is 16.5. The Hall–Kier alpha value is -0.860. The van der Waals surface area contributed by atoms with E-state index in [0.29, 0.717) is 6.07 Å². The molecule has 8 heteroatoms. The molecular weight excluding hydrogens is 286 g/mol. The van der Waals surface area contributed by atoms with Gasteiger partial charge in [-0.25, -0.2) is 4.39 Å². The fourth-order valence-electron chi connectivity index (χ4n) is 0.927. The normalized spacial score (nSPS) is 11.7. The standard InChI is InChI=1S/C7H4BrF4NO2/c8-6-4(7(10,11)12)1-3(9)2-5(6)13(14)15/h1-2,14-15H. The second-order valence-corrected chi connectivity index (χ2v) is 3.37. The van der Waals surface area contributed by atoms with Crippen molar-refractivity contribution in [2.24, 2.45) is 0 Å². The first kappa shape index (κ1) is 12.2. The highest BCUT2D eigenvalue weighted by Gasteiger charge is 2.35. The summed E-state index contributed by atoms with van der Waals surface area (Å²) in [6, 6.07) is 0.788. The van der Waals surface area contributed by atoms with E-state index in [-0.39, 0.29) is 6.07 Å². The highest BCUT2D eigenvalue weighted by Crippen LogP contribution is 2.39. The molecule has 0 saturated carbocycles. The molecule has 0 aromatic heterocycles. The van der Waals surface area contributed by atoms with Crippen molar-refractivity contribution < 1.29 is 28.0 Å². The molecule has 0 amide bonds. The zero-order valence-electron chi connectivity index (χ0n) is 6.89. The predicted octanol–water partition coefficient (Wildman–Crippen LogP) is 3.19. The van der Waals surface area contributed by atoms with Gasteiger partial charge in [-0.1, -0.05) is 0 Å². The van der Waals surface area contributed by atoms with E-state index in [1.165, 1.54) is 0 Å². The first-order valence-corrected chi connectivity index (χ1v) is 4.27. The number of anilines is 1. The quantitative estimate of drug-likeness (QED) is 0.616. The van der Waals surface area contributed by atoms with Crippen LogP contribution in [0.25, 0.3) is 0 Å². The van der Waals surface area contributed by atoms with Crippen molar-refractivity contribution in [3.63, 3.8) is 0 Å². The van der Waals surface area contributed by atoms with Crippen molar-refractivity contribution in [3.05, 3.63) is 28.0 Å². The van der Waals surface area contributed by atoms with Gasteiger partial charge < -0.3 is 0 Å². The fourth-order valence-corrected chi connectivity index (χ4v) is 1.54. The summed E-state index contributed by atoms with van der Waals surface area (Å²) in [4.78, 5) is 0. The van der Waals surface area contributed by atoms with Crippen molar-refractivity contribution in [3.8, 4) is 0 Å². The van der Waals surface area contributed by atoms with Gasteiger partial charge in [0.25, 0.3) is 0 Å². The number of benzene rings is 1. The van der Waals surface area contributed by atoms with E-state index in [9.17, 15) is 17.6 Å². The monoisotopic (exact) mass is 289 g/mol. The van der Waals surface area contributed by atoms with E-state index in [1.54, 1.807) is 0 Å². The molecule has 0 bridgehead atoms. The average molecular weight is 290 g/mol. The Bertz CT molecular complexity index is 380. The van der Waals surface area contributed by atoms with Gasteiger partial charge in [0.15, 0.2) is 0 Å². The third kappa shape index (κ3) is 2.58. The zero-order chi connectivity index (χ0) is 11.8. The molecule has 0 saturated heterocycles. The van der Waals surface area contributed by atoms with Crippen LogP contribution >= 0.6 is 15.9 Å². The van der Waals surface area contributed by atoms with Crippen LogP contribution in [0.3, 0.4) is 0 Å². The number of alkyl halides is 3. The summed E-state index contributed by atoms with van der Waals surface area (Å²) >= 11 is 2.50. The molecule has 0 radical (unpaired) electrons. The molecule has 0 heterocycles. The van der Waals surface area contributed by atoms with Gasteiger partial charge in [0.1, 0.15) is 11.5 Å². The van der Waals surface area contributed by atoms with Gasteiger partial charge in [0, 0.05) is 6.07 Å². The predicted molar refractivity (Wildman–Crippen MR) is 45.2 cm³/mol. The number of hydrogen-bond acceptors (Lipinski definition) is 3. The zero-order valence-corrected chi connectivity index (χ0v) is 8.47. The average Bonchev–Trinajstić information content (AvgIpc) is 2.06. The Kier molecular flexibility index (Phi) is 3.22. The summed E-state index contributed by atoms with van der Waals surface area (Å²) in [5.74, 6) is -1.23. The molecular formula is C7H4BrF4NO2. The van der Waals surface area contributed by atoms with Crippen molar-refractivity contribution >= 4 is 21.6 Å². The van der Waals surface area contributed by atoms with Crippen LogP contribution in [0, 0.1) is 5.82 Å². The number of rotatable bonds is 1. The Morgan fingerprint density at radius 2 is 1.73 bits per heavy atom. The summed E-state index contributed by atoms with van der Waals surface area (Å²) in [5.41, 5.74) is -2.06. The summed E-state index contributed by atoms with van der Waals surface area (Å²) in [6.45, 7) is 0. The maximum atomic E-state index is 12.7. The minimum atomic E-state index is -4.79. The Morgan fingerprint density at radius 3 is 2.13 bits per heavy atom.